The van der Waals surface area contributed by atoms with Gasteiger partial charge in [-0.25, -0.2) is 4.79 Å². The number of nitrogens with one attached hydrogen (secondary N) is 1. The molecule has 1 aliphatic heterocycles. The van der Waals surface area contributed by atoms with Gasteiger partial charge < -0.3 is 10.4 Å². The van der Waals surface area contributed by atoms with E-state index < -0.39 is 5.97 Å². The van der Waals surface area contributed by atoms with E-state index in [0.717, 1.165) is 24.2 Å². The first-order valence-electron chi connectivity index (χ1n) is 9.20. The number of fused-ring (bicyclic) bond motifs is 1. The van der Waals surface area contributed by atoms with Crippen molar-refractivity contribution >= 4 is 17.4 Å². The van der Waals surface area contributed by atoms with Gasteiger partial charge in [-0.3, -0.25) is 4.79 Å². The molecule has 6 rings (SSSR count). The zero-order chi connectivity index (χ0) is 16.5. The molecule has 1 aromatic carbocycles. The summed E-state index contributed by atoms with van der Waals surface area (Å²) in [5, 5.41) is 12.7. The third kappa shape index (κ3) is 2.04. The van der Waals surface area contributed by atoms with E-state index in [2.05, 4.69) is 5.32 Å². The molecule has 4 fully saturated rings. The summed E-state index contributed by atoms with van der Waals surface area (Å²) in [5.74, 6) is 1.71. The number of hydrogen-bond acceptors (Lipinski definition) is 3. The average Bonchev–Trinajstić information content (AvgIpc) is 2.81. The Balaban J connectivity index is 1.42. The number of para-hydroxylation sites is 1. The van der Waals surface area contributed by atoms with Crippen LogP contribution >= 0.6 is 0 Å². The van der Waals surface area contributed by atoms with E-state index in [9.17, 15) is 14.7 Å². The first-order chi connectivity index (χ1) is 11.5. The second-order valence-corrected chi connectivity index (χ2v) is 8.72. The van der Waals surface area contributed by atoms with Crippen molar-refractivity contribution in [1.29, 1.82) is 0 Å². The van der Waals surface area contributed by atoms with Gasteiger partial charge in [0.1, 0.15) is 0 Å². The zero-order valence-corrected chi connectivity index (χ0v) is 13.8. The van der Waals surface area contributed by atoms with Crippen LogP contribution in [-0.4, -0.2) is 22.9 Å². The fraction of sp³-hybridized carbons (Fsp3) is 0.600. The molecule has 0 spiro atoms. The van der Waals surface area contributed by atoms with Crippen LogP contribution in [0.25, 0.3) is 0 Å². The van der Waals surface area contributed by atoms with E-state index in [0.29, 0.717) is 16.7 Å². The quantitative estimate of drug-likeness (QED) is 0.882. The lowest BCUT2D eigenvalue weighted by atomic mass is 9.48. The maximum Gasteiger partial charge on any atom is 0.337 e. The Hall–Kier alpha value is -1.84. The summed E-state index contributed by atoms with van der Waals surface area (Å²) in [6, 6.07) is 4.78. The van der Waals surface area contributed by atoms with E-state index in [1.165, 1.54) is 38.5 Å². The summed E-state index contributed by atoms with van der Waals surface area (Å²) >= 11 is 0. The van der Waals surface area contributed by atoms with Crippen LogP contribution in [0, 0.1) is 23.2 Å². The minimum atomic E-state index is -0.970. The highest BCUT2D eigenvalue weighted by atomic mass is 16.4. The molecule has 5 aliphatic rings. The van der Waals surface area contributed by atoms with Gasteiger partial charge in [0, 0.05) is 5.56 Å². The molecule has 1 heterocycles. The molecular weight excluding hydrogens is 302 g/mol. The summed E-state index contributed by atoms with van der Waals surface area (Å²) in [6.45, 7) is 0. The number of hydrogen-bond donors (Lipinski definition) is 2. The van der Waals surface area contributed by atoms with Crippen molar-refractivity contribution in [3.8, 4) is 0 Å². The normalized spacial score (nSPS) is 38.9. The maximum atomic E-state index is 12.8. The lowest BCUT2D eigenvalue weighted by Crippen LogP contribution is -2.48. The zero-order valence-electron chi connectivity index (χ0n) is 13.8. The van der Waals surface area contributed by atoms with E-state index in [-0.39, 0.29) is 17.4 Å². The summed E-state index contributed by atoms with van der Waals surface area (Å²) in [7, 11) is 0. The van der Waals surface area contributed by atoms with E-state index in [1.807, 2.05) is 0 Å². The number of aromatic carboxylic acids is 1. The van der Waals surface area contributed by atoms with Crippen LogP contribution in [-0.2, 0) is 0 Å². The van der Waals surface area contributed by atoms with Gasteiger partial charge in [-0.15, -0.1) is 0 Å². The number of benzene rings is 1. The highest BCUT2D eigenvalue weighted by molar-refractivity contribution is 6.14. The standard InChI is InChI=1S/C20H23NO3/c22-18-14-2-1-3-15(19(23)24)17(14)21-16(18)10-20-7-11-4-12(8-20)6-13(5-11)9-20/h1-3,11-13,16,21H,4-10H2,(H,23,24). The molecule has 1 atom stereocenters. The van der Waals surface area contributed by atoms with Crippen molar-refractivity contribution in [1.82, 2.24) is 0 Å². The Bertz CT molecular complexity index is 703. The highest BCUT2D eigenvalue weighted by Crippen LogP contribution is 2.62. The summed E-state index contributed by atoms with van der Waals surface area (Å²) in [6.07, 6.45) is 8.88. The number of carbonyl (C=O) groups is 2. The Morgan fingerprint density at radius 2 is 1.75 bits per heavy atom. The number of carboxylic acid groups (broad SMARTS) is 1. The van der Waals surface area contributed by atoms with Crippen molar-refractivity contribution < 1.29 is 14.7 Å². The number of Topliss-reactive ketones (excluding diaryl/α,β-unsaturated/α-hetero) is 1. The van der Waals surface area contributed by atoms with Gasteiger partial charge in [0.2, 0.25) is 0 Å². The largest absolute Gasteiger partial charge is 0.478 e. The van der Waals surface area contributed by atoms with Crippen molar-refractivity contribution in [2.75, 3.05) is 5.32 Å². The Labute approximate surface area is 141 Å². The Kier molecular flexibility index (Phi) is 2.92. The van der Waals surface area contributed by atoms with Gasteiger partial charge in [0.25, 0.3) is 0 Å². The van der Waals surface area contributed by atoms with Gasteiger partial charge >= 0.3 is 5.97 Å². The highest BCUT2D eigenvalue weighted by Gasteiger charge is 2.52. The number of rotatable bonds is 3. The average molecular weight is 325 g/mol. The fourth-order valence-electron chi connectivity index (χ4n) is 6.64. The minimum absolute atomic E-state index is 0.0869. The Morgan fingerprint density at radius 1 is 1.12 bits per heavy atom. The molecule has 0 radical (unpaired) electrons. The molecule has 0 saturated heterocycles. The van der Waals surface area contributed by atoms with Gasteiger partial charge in [0.05, 0.1) is 17.3 Å². The SMILES string of the molecule is O=C(O)c1cccc2c1NC(CC13CC4CC(CC(C4)C1)C3)C2=O. The van der Waals surface area contributed by atoms with Crippen LogP contribution in [0.2, 0.25) is 0 Å². The van der Waals surface area contributed by atoms with Gasteiger partial charge in [-0.2, -0.15) is 0 Å². The topological polar surface area (TPSA) is 66.4 Å². The second kappa shape index (κ2) is 4.84. The van der Waals surface area contributed by atoms with Crippen LogP contribution in [0.5, 0.6) is 0 Å². The summed E-state index contributed by atoms with van der Waals surface area (Å²) in [5.41, 5.74) is 1.62. The van der Waals surface area contributed by atoms with Crippen LogP contribution in [0.4, 0.5) is 5.69 Å². The summed E-state index contributed by atoms with van der Waals surface area (Å²) in [4.78, 5) is 24.3. The van der Waals surface area contributed by atoms with Crippen molar-refractivity contribution in [2.24, 2.45) is 23.2 Å². The molecular formula is C20H23NO3. The molecule has 1 aromatic rings. The molecule has 4 saturated carbocycles. The molecule has 0 aromatic heterocycles. The lowest BCUT2D eigenvalue weighted by Gasteiger charge is -2.57. The molecule has 4 aliphatic carbocycles. The van der Waals surface area contributed by atoms with Crippen molar-refractivity contribution in [2.45, 2.75) is 51.0 Å². The predicted molar refractivity (Wildman–Crippen MR) is 90.4 cm³/mol. The predicted octanol–water partition coefficient (Wildman–Crippen LogP) is 3.97. The van der Waals surface area contributed by atoms with Crippen LogP contribution < -0.4 is 5.32 Å². The third-order valence-corrected chi connectivity index (χ3v) is 7.00. The molecule has 0 amide bonds. The van der Waals surface area contributed by atoms with Gasteiger partial charge in [0.15, 0.2) is 5.78 Å². The van der Waals surface area contributed by atoms with Crippen LogP contribution in [0.15, 0.2) is 18.2 Å². The first kappa shape index (κ1) is 14.5. The van der Waals surface area contributed by atoms with E-state index >= 15 is 0 Å². The van der Waals surface area contributed by atoms with Crippen molar-refractivity contribution in [3.05, 3.63) is 29.3 Å². The molecule has 4 nitrogen and oxygen atoms in total. The summed E-state index contributed by atoms with van der Waals surface area (Å²) < 4.78 is 0. The van der Waals surface area contributed by atoms with Gasteiger partial charge in [-0.1, -0.05) is 6.07 Å². The maximum absolute atomic E-state index is 12.8. The minimum Gasteiger partial charge on any atom is -0.478 e. The third-order valence-electron chi connectivity index (χ3n) is 7.00. The number of anilines is 1. The van der Waals surface area contributed by atoms with E-state index in [1.54, 1.807) is 18.2 Å². The first-order valence-corrected chi connectivity index (χ1v) is 9.20. The van der Waals surface area contributed by atoms with Crippen LogP contribution in [0.1, 0.15) is 65.7 Å². The van der Waals surface area contributed by atoms with Crippen LogP contribution in [0.3, 0.4) is 0 Å². The lowest BCUT2D eigenvalue weighted by molar-refractivity contribution is -0.0581. The number of carbonyl (C=O) groups excluding carboxylic acids is 1. The second-order valence-electron chi connectivity index (χ2n) is 8.72. The molecule has 126 valence electrons. The van der Waals surface area contributed by atoms with Crippen molar-refractivity contribution in [3.63, 3.8) is 0 Å². The van der Waals surface area contributed by atoms with E-state index in [4.69, 9.17) is 0 Å². The van der Waals surface area contributed by atoms with Gasteiger partial charge in [-0.05, 0) is 80.2 Å². The molecule has 4 heteroatoms. The smallest absolute Gasteiger partial charge is 0.337 e. The molecule has 24 heavy (non-hydrogen) atoms. The number of carboxylic acids is 1. The Morgan fingerprint density at radius 3 is 2.33 bits per heavy atom. The fourth-order valence-corrected chi connectivity index (χ4v) is 6.64. The molecule has 1 unspecified atom stereocenters. The monoisotopic (exact) mass is 325 g/mol. The number of ketones is 1. The molecule has 4 bridgehead atoms. The molecule has 2 N–H and O–H groups in total.